The summed E-state index contributed by atoms with van der Waals surface area (Å²) in [5, 5.41) is 32.7. The molecular formula is C18H27NO7. The Morgan fingerprint density at radius 2 is 1.85 bits per heavy atom. The molecule has 4 atom stereocenters. The van der Waals surface area contributed by atoms with Crippen molar-refractivity contribution in [3.05, 3.63) is 29.8 Å². The van der Waals surface area contributed by atoms with E-state index >= 15 is 0 Å². The van der Waals surface area contributed by atoms with E-state index in [1.807, 2.05) is 6.92 Å². The SMILES string of the molecule is CCCC(=O)N[C@@H](C)[C@@H](O)[C@H](O)[C@@H](COC(=O)c1ccccc1O)OC. The number of hydrogen-bond acceptors (Lipinski definition) is 7. The predicted molar refractivity (Wildman–Crippen MR) is 93.7 cm³/mol. The van der Waals surface area contributed by atoms with Crippen LogP contribution in [0.15, 0.2) is 24.3 Å². The maximum absolute atomic E-state index is 12.0. The van der Waals surface area contributed by atoms with Gasteiger partial charge in [0.15, 0.2) is 0 Å². The molecule has 0 aliphatic heterocycles. The molecule has 1 rings (SSSR count). The molecule has 0 aromatic heterocycles. The molecule has 0 saturated carbocycles. The molecule has 8 nitrogen and oxygen atoms in total. The second kappa shape index (κ2) is 10.7. The zero-order chi connectivity index (χ0) is 19.7. The molecule has 0 heterocycles. The number of phenolic OH excluding ortho intramolecular Hbond substituents is 1. The Bertz CT molecular complexity index is 593. The van der Waals surface area contributed by atoms with Crippen LogP contribution in [0.25, 0.3) is 0 Å². The van der Waals surface area contributed by atoms with Crippen LogP contribution in [0.2, 0.25) is 0 Å². The normalized spacial score (nSPS) is 15.6. The number of ether oxygens (including phenoxy) is 2. The molecule has 0 radical (unpaired) electrons. The molecule has 0 aliphatic carbocycles. The van der Waals surface area contributed by atoms with Crippen molar-refractivity contribution in [3.63, 3.8) is 0 Å². The Balaban J connectivity index is 2.62. The van der Waals surface area contributed by atoms with Crippen molar-refractivity contribution < 1.29 is 34.4 Å². The van der Waals surface area contributed by atoms with Crippen molar-refractivity contribution in [2.75, 3.05) is 13.7 Å². The Morgan fingerprint density at radius 1 is 1.19 bits per heavy atom. The topological polar surface area (TPSA) is 125 Å². The van der Waals surface area contributed by atoms with Crippen molar-refractivity contribution in [3.8, 4) is 5.75 Å². The third kappa shape index (κ3) is 6.29. The van der Waals surface area contributed by atoms with Gasteiger partial charge in [-0.3, -0.25) is 4.79 Å². The van der Waals surface area contributed by atoms with E-state index < -0.39 is 30.3 Å². The molecule has 0 spiro atoms. The van der Waals surface area contributed by atoms with E-state index in [1.165, 1.54) is 19.2 Å². The number of aliphatic hydroxyl groups is 2. The number of carbonyl (C=O) groups is 2. The highest BCUT2D eigenvalue weighted by Crippen LogP contribution is 2.17. The molecule has 0 fully saturated rings. The summed E-state index contributed by atoms with van der Waals surface area (Å²) in [6.07, 6.45) is -2.73. The second-order valence-corrected chi connectivity index (χ2v) is 5.98. The number of esters is 1. The number of amides is 1. The minimum Gasteiger partial charge on any atom is -0.507 e. The lowest BCUT2D eigenvalue weighted by atomic mass is 10.0. The number of hydrogen-bond donors (Lipinski definition) is 4. The summed E-state index contributed by atoms with van der Waals surface area (Å²) in [5.41, 5.74) is -0.0161. The molecule has 8 heteroatoms. The van der Waals surface area contributed by atoms with Crippen LogP contribution in [0.1, 0.15) is 37.0 Å². The summed E-state index contributed by atoms with van der Waals surface area (Å²) in [4.78, 5) is 23.6. The van der Waals surface area contributed by atoms with Crippen molar-refractivity contribution in [2.24, 2.45) is 0 Å². The first kappa shape index (κ1) is 21.9. The monoisotopic (exact) mass is 369 g/mol. The van der Waals surface area contributed by atoms with Crippen LogP contribution in [-0.4, -0.2) is 65.3 Å². The highest BCUT2D eigenvalue weighted by Gasteiger charge is 2.32. The summed E-state index contributed by atoms with van der Waals surface area (Å²) in [6.45, 7) is 3.08. The van der Waals surface area contributed by atoms with Gasteiger partial charge in [0.25, 0.3) is 0 Å². The smallest absolute Gasteiger partial charge is 0.342 e. The molecule has 1 aromatic carbocycles. The molecule has 0 bridgehead atoms. The fourth-order valence-corrected chi connectivity index (χ4v) is 2.34. The molecule has 146 valence electrons. The number of benzene rings is 1. The van der Waals surface area contributed by atoms with Gasteiger partial charge in [-0.1, -0.05) is 19.1 Å². The summed E-state index contributed by atoms with van der Waals surface area (Å²) < 4.78 is 10.1. The maximum Gasteiger partial charge on any atom is 0.342 e. The number of rotatable bonds is 10. The zero-order valence-electron chi connectivity index (χ0n) is 15.2. The van der Waals surface area contributed by atoms with Crippen LogP contribution in [0, 0.1) is 0 Å². The number of nitrogens with one attached hydrogen (secondary N) is 1. The van der Waals surface area contributed by atoms with Crippen molar-refractivity contribution in [2.45, 2.75) is 51.0 Å². The second-order valence-electron chi connectivity index (χ2n) is 5.98. The average molecular weight is 369 g/mol. The summed E-state index contributed by atoms with van der Waals surface area (Å²) in [5.74, 6) is -1.23. The third-order valence-corrected chi connectivity index (χ3v) is 3.91. The Kier molecular flexibility index (Phi) is 9.04. The largest absolute Gasteiger partial charge is 0.507 e. The molecule has 0 aliphatic rings. The van der Waals surface area contributed by atoms with Crippen LogP contribution in [-0.2, 0) is 14.3 Å². The van der Waals surface area contributed by atoms with Gasteiger partial charge in [0.05, 0.1) is 6.04 Å². The summed E-state index contributed by atoms with van der Waals surface area (Å²) in [6, 6.07) is 5.18. The standard InChI is InChI=1S/C18H27NO7/c1-4-7-15(21)19-11(2)16(22)17(23)14(25-3)10-26-18(24)12-8-5-6-9-13(12)20/h5-6,8-9,11,14,16-17,20,22-23H,4,7,10H2,1-3H3,(H,19,21)/t11-,14+,16+,17+/m0/s1. The molecule has 26 heavy (non-hydrogen) atoms. The Hall–Kier alpha value is -2.16. The molecule has 1 amide bonds. The lowest BCUT2D eigenvalue weighted by Crippen LogP contribution is -2.52. The fourth-order valence-electron chi connectivity index (χ4n) is 2.34. The Labute approximate surface area is 152 Å². The van der Waals surface area contributed by atoms with E-state index in [2.05, 4.69) is 5.32 Å². The highest BCUT2D eigenvalue weighted by molar-refractivity contribution is 5.92. The first-order chi connectivity index (χ1) is 12.3. The minimum atomic E-state index is -1.39. The lowest BCUT2D eigenvalue weighted by molar-refractivity contribution is -0.126. The Morgan fingerprint density at radius 3 is 2.42 bits per heavy atom. The number of aliphatic hydroxyl groups excluding tert-OH is 2. The maximum atomic E-state index is 12.0. The first-order valence-corrected chi connectivity index (χ1v) is 8.45. The number of aromatic hydroxyl groups is 1. The van der Waals surface area contributed by atoms with Crippen molar-refractivity contribution >= 4 is 11.9 Å². The van der Waals surface area contributed by atoms with Gasteiger partial charge in [0, 0.05) is 13.5 Å². The van der Waals surface area contributed by atoms with Crippen molar-refractivity contribution in [1.29, 1.82) is 0 Å². The number of methoxy groups -OCH3 is 1. The number of carbonyl (C=O) groups excluding carboxylic acids is 2. The van der Waals surface area contributed by atoms with E-state index in [-0.39, 0.29) is 23.8 Å². The van der Waals surface area contributed by atoms with E-state index in [1.54, 1.807) is 19.1 Å². The molecular weight excluding hydrogens is 342 g/mol. The van der Waals surface area contributed by atoms with Crippen LogP contribution < -0.4 is 5.32 Å². The van der Waals surface area contributed by atoms with Gasteiger partial charge >= 0.3 is 5.97 Å². The summed E-state index contributed by atoms with van der Waals surface area (Å²) in [7, 11) is 1.30. The molecule has 1 aromatic rings. The quantitative estimate of drug-likeness (QED) is 0.445. The fraction of sp³-hybridized carbons (Fsp3) is 0.556. The minimum absolute atomic E-state index is 0.0161. The highest BCUT2D eigenvalue weighted by atomic mass is 16.6. The molecule has 0 unspecified atom stereocenters. The molecule has 4 N–H and O–H groups in total. The molecule has 0 saturated heterocycles. The number of para-hydroxylation sites is 1. The van der Waals surface area contributed by atoms with E-state index in [0.29, 0.717) is 12.8 Å². The van der Waals surface area contributed by atoms with Crippen molar-refractivity contribution in [1.82, 2.24) is 5.32 Å². The van der Waals surface area contributed by atoms with E-state index in [4.69, 9.17) is 9.47 Å². The van der Waals surface area contributed by atoms with Gasteiger partial charge in [0.2, 0.25) is 5.91 Å². The average Bonchev–Trinajstić information content (AvgIpc) is 2.61. The van der Waals surface area contributed by atoms with Crippen LogP contribution in [0.5, 0.6) is 5.75 Å². The van der Waals surface area contributed by atoms with Gasteiger partial charge in [0.1, 0.15) is 36.2 Å². The van der Waals surface area contributed by atoms with Crippen LogP contribution >= 0.6 is 0 Å². The zero-order valence-corrected chi connectivity index (χ0v) is 15.2. The van der Waals surface area contributed by atoms with Gasteiger partial charge < -0.3 is 30.1 Å². The van der Waals surface area contributed by atoms with Crippen LogP contribution in [0.3, 0.4) is 0 Å². The first-order valence-electron chi connectivity index (χ1n) is 8.45. The predicted octanol–water partition coefficient (Wildman–Crippen LogP) is 0.591. The third-order valence-electron chi connectivity index (χ3n) is 3.91. The van der Waals surface area contributed by atoms with Gasteiger partial charge in [-0.05, 0) is 25.5 Å². The van der Waals surface area contributed by atoms with Gasteiger partial charge in [-0.2, -0.15) is 0 Å². The number of phenols is 1. The van der Waals surface area contributed by atoms with Crippen LogP contribution in [0.4, 0.5) is 0 Å². The van der Waals surface area contributed by atoms with E-state index in [9.17, 15) is 24.9 Å². The van der Waals surface area contributed by atoms with Gasteiger partial charge in [-0.15, -0.1) is 0 Å². The van der Waals surface area contributed by atoms with Gasteiger partial charge in [-0.25, -0.2) is 4.79 Å². The lowest BCUT2D eigenvalue weighted by Gasteiger charge is -2.29. The summed E-state index contributed by atoms with van der Waals surface area (Å²) >= 11 is 0. The van der Waals surface area contributed by atoms with E-state index in [0.717, 1.165) is 0 Å².